The number of thiophene rings is 1. The number of aryl methyl sites for hydroxylation is 1. The van der Waals surface area contributed by atoms with Crippen LogP contribution in [0, 0.1) is 19.4 Å². The predicted molar refractivity (Wildman–Crippen MR) is 97.3 cm³/mol. The van der Waals surface area contributed by atoms with Crippen molar-refractivity contribution >= 4 is 28.6 Å². The molecule has 10 heteroatoms. The van der Waals surface area contributed by atoms with Gasteiger partial charge in [-0.15, -0.1) is 0 Å². The minimum atomic E-state index is -4.51. The first-order valence-electron chi connectivity index (χ1n) is 8.47. The van der Waals surface area contributed by atoms with Crippen molar-refractivity contribution in [3.63, 3.8) is 0 Å². The topological polar surface area (TPSA) is 63.7 Å². The van der Waals surface area contributed by atoms with Crippen molar-refractivity contribution in [3.8, 4) is 10.6 Å². The fraction of sp³-hybridized carbons (Fsp3) is 0.333. The Balaban J connectivity index is 1.74. The van der Waals surface area contributed by atoms with Crippen LogP contribution in [0.1, 0.15) is 29.0 Å². The first-order valence-corrected chi connectivity index (χ1v) is 9.35. The molecular weight excluding hydrogens is 391 g/mol. The van der Waals surface area contributed by atoms with Gasteiger partial charge in [-0.05, 0) is 43.2 Å². The van der Waals surface area contributed by atoms with E-state index >= 15 is 0 Å². The maximum Gasteiger partial charge on any atom is 0.408 e. The molecule has 1 aliphatic rings. The zero-order valence-corrected chi connectivity index (χ0v) is 15.4. The van der Waals surface area contributed by atoms with Crippen LogP contribution in [0.25, 0.3) is 21.1 Å². The number of rotatable bonds is 4. The van der Waals surface area contributed by atoms with Crippen molar-refractivity contribution in [3.05, 3.63) is 46.6 Å². The van der Waals surface area contributed by atoms with Crippen molar-refractivity contribution in [2.24, 2.45) is 5.92 Å². The number of halogens is 3. The summed E-state index contributed by atoms with van der Waals surface area (Å²) in [4.78, 5) is 25.1. The SMILES string of the molecule is [C-]#[N+]c1ccsc1-c1cc(C)n2cnc(C(=O)NC(C3CC3)C(F)(F)F)c2n1. The highest BCUT2D eigenvalue weighted by Crippen LogP contribution is 2.40. The molecular formula is C18H14F3N5OS. The maximum absolute atomic E-state index is 13.2. The van der Waals surface area contributed by atoms with Crippen LogP contribution in [0.15, 0.2) is 23.8 Å². The van der Waals surface area contributed by atoms with E-state index in [1.54, 1.807) is 28.8 Å². The van der Waals surface area contributed by atoms with Crippen LogP contribution in [0.2, 0.25) is 0 Å². The minimum absolute atomic E-state index is 0.161. The smallest absolute Gasteiger partial charge is 0.339 e. The average molecular weight is 405 g/mol. The minimum Gasteiger partial charge on any atom is -0.339 e. The molecule has 6 nitrogen and oxygen atoms in total. The van der Waals surface area contributed by atoms with E-state index in [9.17, 15) is 18.0 Å². The maximum atomic E-state index is 13.2. The average Bonchev–Trinajstić information content (AvgIpc) is 3.18. The third-order valence-electron chi connectivity index (χ3n) is 4.64. The molecule has 0 spiro atoms. The zero-order chi connectivity index (χ0) is 20.1. The molecule has 0 saturated heterocycles. The van der Waals surface area contributed by atoms with Crippen LogP contribution in [0.4, 0.5) is 18.9 Å². The van der Waals surface area contributed by atoms with Gasteiger partial charge >= 0.3 is 6.18 Å². The Labute approximate surface area is 161 Å². The van der Waals surface area contributed by atoms with Gasteiger partial charge in [0.2, 0.25) is 5.69 Å². The van der Waals surface area contributed by atoms with E-state index in [-0.39, 0.29) is 11.3 Å². The van der Waals surface area contributed by atoms with Crippen LogP contribution in [-0.2, 0) is 0 Å². The van der Waals surface area contributed by atoms with Gasteiger partial charge in [0, 0.05) is 5.69 Å². The number of alkyl halides is 3. The lowest BCUT2D eigenvalue weighted by Gasteiger charge is -2.20. The quantitative estimate of drug-likeness (QED) is 0.655. The van der Waals surface area contributed by atoms with Crippen LogP contribution >= 0.6 is 11.3 Å². The van der Waals surface area contributed by atoms with Gasteiger partial charge in [0.1, 0.15) is 12.4 Å². The Kier molecular flexibility index (Phi) is 4.34. The summed E-state index contributed by atoms with van der Waals surface area (Å²) in [5, 5.41) is 3.85. The standard InChI is InChI=1S/C18H14F3N5OS/c1-9-7-12(14-11(22-2)5-6-28-14)24-16-13(23-8-26(9)16)17(27)25-15(10-3-4-10)18(19,20)21/h5-8,10,15H,3-4H2,1H3,(H,25,27). The van der Waals surface area contributed by atoms with Crippen molar-refractivity contribution in [1.29, 1.82) is 0 Å². The second kappa shape index (κ2) is 6.60. The number of hydrogen-bond donors (Lipinski definition) is 1. The van der Waals surface area contributed by atoms with E-state index in [1.165, 1.54) is 17.7 Å². The fourth-order valence-corrected chi connectivity index (χ4v) is 3.88. The zero-order valence-electron chi connectivity index (χ0n) is 14.6. The van der Waals surface area contributed by atoms with E-state index in [4.69, 9.17) is 6.57 Å². The molecule has 28 heavy (non-hydrogen) atoms. The van der Waals surface area contributed by atoms with E-state index in [0.717, 1.165) is 0 Å². The molecule has 3 heterocycles. The molecule has 3 aromatic heterocycles. The highest BCUT2D eigenvalue weighted by molar-refractivity contribution is 7.14. The third kappa shape index (κ3) is 3.22. The molecule has 0 aliphatic heterocycles. The summed E-state index contributed by atoms with van der Waals surface area (Å²) in [7, 11) is 0. The summed E-state index contributed by atoms with van der Waals surface area (Å²) >= 11 is 1.33. The Morgan fingerprint density at radius 1 is 1.46 bits per heavy atom. The van der Waals surface area contributed by atoms with Gasteiger partial charge in [-0.1, -0.05) is 0 Å². The molecule has 0 radical (unpaired) electrons. The molecule has 1 saturated carbocycles. The van der Waals surface area contributed by atoms with Crippen molar-refractivity contribution in [2.45, 2.75) is 32.0 Å². The van der Waals surface area contributed by atoms with Crippen molar-refractivity contribution < 1.29 is 18.0 Å². The number of nitrogens with zero attached hydrogens (tertiary/aromatic N) is 4. The number of carbonyl (C=O) groups excluding carboxylic acids is 1. The monoisotopic (exact) mass is 405 g/mol. The van der Waals surface area contributed by atoms with Gasteiger partial charge in [0.25, 0.3) is 5.91 Å². The highest BCUT2D eigenvalue weighted by atomic mass is 32.1. The molecule has 1 N–H and O–H groups in total. The first kappa shape index (κ1) is 18.4. The van der Waals surface area contributed by atoms with Crippen LogP contribution in [0.3, 0.4) is 0 Å². The molecule has 1 unspecified atom stereocenters. The van der Waals surface area contributed by atoms with Crippen molar-refractivity contribution in [2.75, 3.05) is 0 Å². The van der Waals surface area contributed by atoms with Gasteiger partial charge in [0.05, 0.1) is 17.1 Å². The lowest BCUT2D eigenvalue weighted by Crippen LogP contribution is -2.47. The Morgan fingerprint density at radius 2 is 2.21 bits per heavy atom. The highest BCUT2D eigenvalue weighted by Gasteiger charge is 2.50. The third-order valence-corrected chi connectivity index (χ3v) is 5.57. The first-order chi connectivity index (χ1) is 13.3. The molecule has 1 amide bonds. The summed E-state index contributed by atoms with van der Waals surface area (Å²) in [6.45, 7) is 9.02. The predicted octanol–water partition coefficient (Wildman–Crippen LogP) is 4.39. The molecule has 3 aromatic rings. The van der Waals surface area contributed by atoms with Gasteiger partial charge < -0.3 is 5.32 Å². The number of aromatic nitrogens is 3. The van der Waals surface area contributed by atoms with Crippen LogP contribution < -0.4 is 5.32 Å². The lowest BCUT2D eigenvalue weighted by atomic mass is 10.1. The molecule has 0 bridgehead atoms. The Morgan fingerprint density at radius 3 is 2.86 bits per heavy atom. The second-order valence-corrected chi connectivity index (χ2v) is 7.56. The van der Waals surface area contributed by atoms with Gasteiger partial charge in [-0.25, -0.2) is 14.8 Å². The van der Waals surface area contributed by atoms with E-state index in [2.05, 4.69) is 20.1 Å². The van der Waals surface area contributed by atoms with Crippen LogP contribution in [0.5, 0.6) is 0 Å². The number of imidazole rings is 1. The van der Waals surface area contributed by atoms with Gasteiger partial charge in [-0.2, -0.15) is 24.5 Å². The summed E-state index contributed by atoms with van der Waals surface area (Å²) in [6.07, 6.45) is -2.27. The molecule has 144 valence electrons. The van der Waals surface area contributed by atoms with Gasteiger partial charge in [0.15, 0.2) is 11.3 Å². The van der Waals surface area contributed by atoms with Crippen LogP contribution in [-0.4, -0.2) is 32.5 Å². The summed E-state index contributed by atoms with van der Waals surface area (Å²) in [5.74, 6) is -1.49. The molecule has 1 fully saturated rings. The number of amides is 1. The molecule has 1 atom stereocenters. The Hall–Kier alpha value is -2.93. The molecule has 1 aliphatic carbocycles. The Bertz CT molecular complexity index is 1110. The number of nitrogens with one attached hydrogen (secondary N) is 1. The van der Waals surface area contributed by atoms with E-state index in [1.807, 2.05) is 0 Å². The second-order valence-electron chi connectivity index (χ2n) is 6.65. The number of carbonyl (C=O) groups is 1. The summed E-state index contributed by atoms with van der Waals surface area (Å²) in [6, 6.07) is 1.54. The lowest BCUT2D eigenvalue weighted by molar-refractivity contribution is -0.158. The van der Waals surface area contributed by atoms with E-state index in [0.29, 0.717) is 34.8 Å². The number of fused-ring (bicyclic) bond motifs is 1. The summed E-state index contributed by atoms with van der Waals surface area (Å²) < 4.78 is 41.3. The molecule has 4 rings (SSSR count). The largest absolute Gasteiger partial charge is 0.408 e. The summed E-state index contributed by atoms with van der Waals surface area (Å²) in [5.41, 5.74) is 1.60. The fourth-order valence-electron chi connectivity index (χ4n) is 3.09. The van der Waals surface area contributed by atoms with Gasteiger partial charge in [-0.3, -0.25) is 9.20 Å². The molecule has 0 aromatic carbocycles. The van der Waals surface area contributed by atoms with Crippen molar-refractivity contribution in [1.82, 2.24) is 19.7 Å². The number of hydrogen-bond acceptors (Lipinski definition) is 4. The normalized spacial score (nSPS) is 15.4. The van der Waals surface area contributed by atoms with E-state index < -0.39 is 24.0 Å².